The molecule has 0 radical (unpaired) electrons. The van der Waals surface area contributed by atoms with Crippen molar-refractivity contribution in [3.05, 3.63) is 0 Å². The molecule has 0 fully saturated rings. The molecule has 2 aliphatic heterocycles. The fourth-order valence-electron chi connectivity index (χ4n) is 1.32. The number of hydrogen-bond acceptors (Lipinski definition) is 4. The molecule has 0 bridgehead atoms. The lowest BCUT2D eigenvalue weighted by molar-refractivity contribution is 0.173. The van der Waals surface area contributed by atoms with E-state index in [0.717, 1.165) is 50.3 Å². The Morgan fingerprint density at radius 1 is 0.917 bits per heavy atom. The maximum absolute atomic E-state index is 4.89. The van der Waals surface area contributed by atoms with Crippen molar-refractivity contribution in [2.45, 2.75) is 25.7 Å². The van der Waals surface area contributed by atoms with Gasteiger partial charge in [-0.1, -0.05) is 10.3 Å². The second-order valence-corrected chi connectivity index (χ2v) is 2.98. The van der Waals surface area contributed by atoms with Gasteiger partial charge in [0.05, 0.1) is 11.4 Å². The Morgan fingerprint density at radius 2 is 1.42 bits per heavy atom. The van der Waals surface area contributed by atoms with Crippen LogP contribution in [0.25, 0.3) is 0 Å². The van der Waals surface area contributed by atoms with Crippen molar-refractivity contribution in [1.29, 1.82) is 0 Å². The van der Waals surface area contributed by atoms with Crippen molar-refractivity contribution in [3.63, 3.8) is 0 Å². The summed E-state index contributed by atoms with van der Waals surface area (Å²) in [6, 6.07) is 0. The highest BCUT2D eigenvalue weighted by Crippen LogP contribution is 2.10. The third kappa shape index (κ3) is 1.75. The summed E-state index contributed by atoms with van der Waals surface area (Å²) in [4.78, 5) is 9.78. The van der Waals surface area contributed by atoms with Gasteiger partial charge in [0, 0.05) is 12.8 Å². The first-order valence-corrected chi connectivity index (χ1v) is 4.30. The van der Waals surface area contributed by atoms with Crippen molar-refractivity contribution in [1.82, 2.24) is 0 Å². The zero-order valence-corrected chi connectivity index (χ0v) is 6.95. The van der Waals surface area contributed by atoms with Crippen molar-refractivity contribution in [2.75, 3.05) is 13.2 Å². The average Bonchev–Trinajstić information content (AvgIpc) is 2.74. The van der Waals surface area contributed by atoms with Crippen LogP contribution in [0.5, 0.6) is 0 Å². The quantitative estimate of drug-likeness (QED) is 0.637. The minimum Gasteiger partial charge on any atom is -0.395 e. The van der Waals surface area contributed by atoms with Crippen LogP contribution in [0, 0.1) is 0 Å². The number of oxime groups is 2. The van der Waals surface area contributed by atoms with Gasteiger partial charge in [0.15, 0.2) is 0 Å². The molecule has 0 unspecified atom stereocenters. The van der Waals surface area contributed by atoms with Crippen LogP contribution < -0.4 is 0 Å². The van der Waals surface area contributed by atoms with E-state index in [2.05, 4.69) is 10.3 Å². The van der Waals surface area contributed by atoms with Gasteiger partial charge in [0.2, 0.25) is 0 Å². The highest BCUT2D eigenvalue weighted by molar-refractivity contribution is 5.92. The summed E-state index contributed by atoms with van der Waals surface area (Å²) in [5.41, 5.74) is 2.31. The largest absolute Gasteiger partial charge is 0.395 e. The van der Waals surface area contributed by atoms with Gasteiger partial charge in [0.25, 0.3) is 0 Å². The molecule has 0 aromatic rings. The Hall–Kier alpha value is -1.06. The summed E-state index contributed by atoms with van der Waals surface area (Å²) in [5.74, 6) is 0. The van der Waals surface area contributed by atoms with E-state index in [0.29, 0.717) is 0 Å². The third-order valence-electron chi connectivity index (χ3n) is 2.05. The van der Waals surface area contributed by atoms with Crippen molar-refractivity contribution >= 4 is 11.4 Å². The van der Waals surface area contributed by atoms with E-state index in [1.54, 1.807) is 0 Å². The van der Waals surface area contributed by atoms with Crippen LogP contribution in [0.4, 0.5) is 0 Å². The standard InChI is InChI=1S/C8H12N2O2/c1(7-3-5-11-9-7)2-8-4-6-12-10-8/h1-6H2. The molecule has 0 spiro atoms. The minimum atomic E-state index is 0.748. The highest BCUT2D eigenvalue weighted by atomic mass is 16.6. The summed E-state index contributed by atoms with van der Waals surface area (Å²) >= 11 is 0. The predicted molar refractivity (Wildman–Crippen MR) is 45.2 cm³/mol. The molecule has 0 atom stereocenters. The summed E-state index contributed by atoms with van der Waals surface area (Å²) in [6.45, 7) is 1.50. The molecule has 2 aliphatic rings. The fourth-order valence-corrected chi connectivity index (χ4v) is 1.32. The van der Waals surface area contributed by atoms with Crippen LogP contribution in [-0.2, 0) is 9.68 Å². The van der Waals surface area contributed by atoms with Crippen molar-refractivity contribution in [2.24, 2.45) is 10.3 Å². The molecule has 66 valence electrons. The molecule has 0 aromatic carbocycles. The molecular formula is C8H12N2O2. The molecule has 0 N–H and O–H groups in total. The maximum Gasteiger partial charge on any atom is 0.122 e. The highest BCUT2D eigenvalue weighted by Gasteiger charge is 2.12. The SMILES string of the molecule is C1CC(CCC2=NOCC2)=NO1. The van der Waals surface area contributed by atoms with E-state index < -0.39 is 0 Å². The van der Waals surface area contributed by atoms with Crippen molar-refractivity contribution in [3.8, 4) is 0 Å². The second-order valence-electron chi connectivity index (χ2n) is 2.98. The monoisotopic (exact) mass is 168 g/mol. The Kier molecular flexibility index (Phi) is 2.25. The van der Waals surface area contributed by atoms with Gasteiger partial charge in [-0.25, -0.2) is 0 Å². The Morgan fingerprint density at radius 3 is 1.75 bits per heavy atom. The number of rotatable bonds is 3. The Bertz CT molecular complexity index is 199. The van der Waals surface area contributed by atoms with Gasteiger partial charge in [-0.3, -0.25) is 0 Å². The Labute approximate surface area is 71.2 Å². The molecule has 0 aliphatic carbocycles. The topological polar surface area (TPSA) is 43.2 Å². The second kappa shape index (κ2) is 3.56. The maximum atomic E-state index is 4.89. The first kappa shape index (κ1) is 7.58. The molecule has 12 heavy (non-hydrogen) atoms. The summed E-state index contributed by atoms with van der Waals surface area (Å²) in [7, 11) is 0. The van der Waals surface area contributed by atoms with E-state index in [1.807, 2.05) is 0 Å². The molecular weight excluding hydrogens is 156 g/mol. The zero-order valence-electron chi connectivity index (χ0n) is 6.95. The van der Waals surface area contributed by atoms with Gasteiger partial charge in [-0.05, 0) is 12.8 Å². The lowest BCUT2D eigenvalue weighted by Crippen LogP contribution is -2.00. The summed E-state index contributed by atoms with van der Waals surface area (Å²) < 4.78 is 0. The van der Waals surface area contributed by atoms with E-state index in [1.165, 1.54) is 0 Å². The third-order valence-corrected chi connectivity index (χ3v) is 2.05. The fraction of sp³-hybridized carbons (Fsp3) is 0.750. The smallest absolute Gasteiger partial charge is 0.122 e. The molecule has 4 nitrogen and oxygen atoms in total. The number of hydrogen-bond donors (Lipinski definition) is 0. The van der Waals surface area contributed by atoms with E-state index in [-0.39, 0.29) is 0 Å². The predicted octanol–water partition coefficient (Wildman–Crippen LogP) is 1.32. The van der Waals surface area contributed by atoms with Crippen LogP contribution in [0.1, 0.15) is 25.7 Å². The lowest BCUT2D eigenvalue weighted by atomic mass is 10.1. The molecule has 0 aromatic heterocycles. The first-order valence-electron chi connectivity index (χ1n) is 4.30. The molecule has 0 saturated carbocycles. The Balaban J connectivity index is 1.74. The molecule has 0 amide bonds. The van der Waals surface area contributed by atoms with E-state index in [9.17, 15) is 0 Å². The van der Waals surface area contributed by atoms with Crippen LogP contribution in [0.3, 0.4) is 0 Å². The molecule has 4 heteroatoms. The lowest BCUT2D eigenvalue weighted by Gasteiger charge is -1.95. The average molecular weight is 168 g/mol. The van der Waals surface area contributed by atoms with Crippen LogP contribution in [-0.4, -0.2) is 24.6 Å². The molecule has 2 heterocycles. The van der Waals surface area contributed by atoms with Crippen LogP contribution >= 0.6 is 0 Å². The van der Waals surface area contributed by atoms with Gasteiger partial charge in [0.1, 0.15) is 13.2 Å². The molecule has 2 rings (SSSR count). The molecule has 0 saturated heterocycles. The van der Waals surface area contributed by atoms with Crippen LogP contribution in [0.15, 0.2) is 10.3 Å². The van der Waals surface area contributed by atoms with Crippen LogP contribution in [0.2, 0.25) is 0 Å². The van der Waals surface area contributed by atoms with Gasteiger partial charge in [-0.2, -0.15) is 0 Å². The van der Waals surface area contributed by atoms with E-state index in [4.69, 9.17) is 9.68 Å². The number of nitrogens with zero attached hydrogens (tertiary/aromatic N) is 2. The van der Waals surface area contributed by atoms with Crippen molar-refractivity contribution < 1.29 is 9.68 Å². The van der Waals surface area contributed by atoms with Gasteiger partial charge >= 0.3 is 0 Å². The normalized spacial score (nSPS) is 21.3. The first-order chi connectivity index (χ1) is 5.95. The summed E-state index contributed by atoms with van der Waals surface area (Å²) in [6.07, 6.45) is 3.91. The van der Waals surface area contributed by atoms with Gasteiger partial charge < -0.3 is 9.68 Å². The zero-order chi connectivity index (χ0) is 8.23. The minimum absolute atomic E-state index is 0.748. The van der Waals surface area contributed by atoms with Gasteiger partial charge in [-0.15, -0.1) is 0 Å². The van der Waals surface area contributed by atoms with E-state index >= 15 is 0 Å². The summed E-state index contributed by atoms with van der Waals surface area (Å²) in [5, 5.41) is 7.83.